The number of fused-ring (bicyclic) bond motifs is 5. The van der Waals surface area contributed by atoms with Crippen LogP contribution in [0.5, 0.6) is 0 Å². The molecule has 1 aromatic heterocycles. The van der Waals surface area contributed by atoms with E-state index in [1.807, 2.05) is 46.7 Å². The van der Waals surface area contributed by atoms with E-state index < -0.39 is 83.2 Å². The van der Waals surface area contributed by atoms with Crippen LogP contribution < -0.4 is 5.73 Å². The van der Waals surface area contributed by atoms with Crippen molar-refractivity contribution in [1.29, 1.82) is 0 Å². The predicted octanol–water partition coefficient (Wildman–Crippen LogP) is 3.50. The lowest BCUT2D eigenvalue weighted by Crippen LogP contribution is -2.60. The fourth-order valence-corrected chi connectivity index (χ4v) is 8.36. The van der Waals surface area contributed by atoms with Crippen LogP contribution in [0.2, 0.25) is 0 Å². The SMILES string of the molecule is CC[C@H]1OC(=O)[C@H](C)C(=O)[C@H](C)C(O[C@@H]2O[C@H](C)C[C@H](N(C)C)C2O)[C@@]2(C)CC(C)C(=NC(C)=O)C(C)C(OC/C(=C/C#Cc3ccc(N)nc3)CO2)[C@]1(C)O. The smallest absolute Gasteiger partial charge is 0.316 e. The third-order valence-corrected chi connectivity index (χ3v) is 11.4. The number of pyridine rings is 1. The summed E-state index contributed by atoms with van der Waals surface area (Å²) in [5.74, 6) is 1.30. The summed E-state index contributed by atoms with van der Waals surface area (Å²) in [4.78, 5) is 51.6. The van der Waals surface area contributed by atoms with Crippen LogP contribution in [0.4, 0.5) is 5.82 Å². The molecule has 4 heterocycles. The van der Waals surface area contributed by atoms with E-state index in [0.717, 1.165) is 0 Å². The zero-order valence-corrected chi connectivity index (χ0v) is 34.8. The van der Waals surface area contributed by atoms with E-state index in [2.05, 4.69) is 21.8 Å². The van der Waals surface area contributed by atoms with Crippen LogP contribution in [0.15, 0.2) is 35.0 Å². The molecule has 0 spiro atoms. The first kappa shape index (κ1) is 45.2. The molecule has 3 aliphatic rings. The van der Waals surface area contributed by atoms with E-state index in [1.165, 1.54) is 20.8 Å². The van der Waals surface area contributed by atoms with E-state index in [-0.39, 0.29) is 38.2 Å². The number of nitrogens with two attached hydrogens (primary N) is 1. The number of anilines is 1. The van der Waals surface area contributed by atoms with Gasteiger partial charge < -0.3 is 44.5 Å². The van der Waals surface area contributed by atoms with Gasteiger partial charge in [0.25, 0.3) is 0 Å². The van der Waals surface area contributed by atoms with E-state index in [1.54, 1.807) is 38.3 Å². The number of allylic oxidation sites excluding steroid dienone is 1. The van der Waals surface area contributed by atoms with Crippen molar-refractivity contribution < 1.29 is 48.3 Å². The van der Waals surface area contributed by atoms with Gasteiger partial charge in [0.05, 0.1) is 37.1 Å². The average Bonchev–Trinajstić information content (AvgIpc) is 3.14. The number of ketones is 1. The highest BCUT2D eigenvalue weighted by Crippen LogP contribution is 2.40. The largest absolute Gasteiger partial charge is 0.459 e. The van der Waals surface area contributed by atoms with Crippen molar-refractivity contribution in [2.75, 3.05) is 33.0 Å². The van der Waals surface area contributed by atoms with Gasteiger partial charge >= 0.3 is 5.97 Å². The second-order valence-corrected chi connectivity index (χ2v) is 16.4. The van der Waals surface area contributed by atoms with Crippen molar-refractivity contribution in [3.8, 4) is 11.8 Å². The number of carbonyl (C=O) groups is 3. The number of hydrogen-bond donors (Lipinski definition) is 3. The van der Waals surface area contributed by atoms with Gasteiger partial charge in [-0.1, -0.05) is 39.5 Å². The van der Waals surface area contributed by atoms with Crippen LogP contribution in [-0.2, 0) is 38.1 Å². The van der Waals surface area contributed by atoms with Crippen LogP contribution in [0.1, 0.15) is 87.1 Å². The number of aliphatic hydroxyl groups is 2. The van der Waals surface area contributed by atoms with E-state index in [9.17, 15) is 24.6 Å². The van der Waals surface area contributed by atoms with Crippen LogP contribution in [-0.4, -0.2) is 125 Å². The highest BCUT2D eigenvalue weighted by molar-refractivity contribution is 6.00. The summed E-state index contributed by atoms with van der Waals surface area (Å²) >= 11 is 0. The van der Waals surface area contributed by atoms with Crippen LogP contribution in [0.3, 0.4) is 0 Å². The predicted molar refractivity (Wildman–Crippen MR) is 210 cm³/mol. The van der Waals surface area contributed by atoms with Gasteiger partial charge in [-0.05, 0) is 90.8 Å². The number of cyclic esters (lactones) is 1. The Bertz CT molecular complexity index is 1680. The molecule has 0 aliphatic carbocycles. The number of aromatic nitrogens is 1. The molecular weight excluding hydrogens is 720 g/mol. The molecule has 3 fully saturated rings. The van der Waals surface area contributed by atoms with Crippen LogP contribution >= 0.6 is 0 Å². The van der Waals surface area contributed by atoms with Crippen molar-refractivity contribution in [2.45, 2.75) is 136 Å². The lowest BCUT2D eigenvalue weighted by Gasteiger charge is -2.47. The minimum absolute atomic E-state index is 0.0475. The number of hydrogen-bond acceptors (Lipinski definition) is 13. The summed E-state index contributed by atoms with van der Waals surface area (Å²) in [6.45, 7) is 15.1. The zero-order chi connectivity index (χ0) is 41.7. The highest BCUT2D eigenvalue weighted by atomic mass is 16.7. The van der Waals surface area contributed by atoms with Crippen molar-refractivity contribution in [3.05, 3.63) is 35.5 Å². The molecule has 310 valence electrons. The zero-order valence-electron chi connectivity index (χ0n) is 34.8. The lowest BCUT2D eigenvalue weighted by atomic mass is 9.73. The monoisotopic (exact) mass is 782 g/mol. The summed E-state index contributed by atoms with van der Waals surface area (Å²) in [5.41, 5.74) is 4.24. The Labute approximate surface area is 331 Å². The number of amides is 1. The summed E-state index contributed by atoms with van der Waals surface area (Å²) in [6.07, 6.45) is -1.67. The molecular formula is C42H62N4O10. The minimum Gasteiger partial charge on any atom is -0.459 e. The van der Waals surface area contributed by atoms with Gasteiger partial charge in [-0.2, -0.15) is 0 Å². The summed E-state index contributed by atoms with van der Waals surface area (Å²) in [6, 6.07) is 3.09. The van der Waals surface area contributed by atoms with Crippen molar-refractivity contribution in [3.63, 3.8) is 0 Å². The maximum Gasteiger partial charge on any atom is 0.316 e. The normalized spacial score (nSPS) is 39.2. The Morgan fingerprint density at radius 1 is 1.14 bits per heavy atom. The molecule has 13 atom stereocenters. The second kappa shape index (κ2) is 18.8. The molecule has 5 unspecified atom stereocenters. The average molecular weight is 783 g/mol. The topological polar surface area (TPSA) is 192 Å². The van der Waals surface area contributed by atoms with E-state index >= 15 is 0 Å². The molecule has 3 aliphatic heterocycles. The van der Waals surface area contributed by atoms with E-state index in [0.29, 0.717) is 29.1 Å². The Kier molecular flexibility index (Phi) is 15.2. The molecule has 0 aromatic carbocycles. The standard InChI is InChI=1S/C42H62N4O10/c1-12-32-42(9,51)38-25(4)34(45-28(7)47)23(2)19-41(8,53-22-30(21-52-38)15-13-14-29-16-17-33(43)44-20-29)37(26(5)35(48)27(6)39(50)55-32)56-40-36(49)31(46(10)11)18-24(3)54-40/h15-17,20,23-27,31-32,36-38,40,49,51H,12,18-19,21-22H2,1-11H3,(H2,43,44)/b30-15-,45-34?/t23?,24-,25?,26+,27-,31+,32-,36?,37?,38?,40+,41-,42-/m1/s1. The van der Waals surface area contributed by atoms with Gasteiger partial charge in [-0.15, -0.1) is 0 Å². The number of likely N-dealkylation sites (N-methyl/N-ethyl adjacent to an activating group) is 1. The first-order valence-corrected chi connectivity index (χ1v) is 19.6. The molecule has 4 N–H and O–H groups in total. The molecule has 14 nitrogen and oxygen atoms in total. The third-order valence-electron chi connectivity index (χ3n) is 11.4. The molecule has 3 saturated heterocycles. The first-order chi connectivity index (χ1) is 26.2. The molecule has 14 heteroatoms. The first-order valence-electron chi connectivity index (χ1n) is 19.6. The highest BCUT2D eigenvalue weighted by Gasteiger charge is 2.53. The fraction of sp³-hybridized carbons (Fsp3) is 0.690. The van der Waals surface area contributed by atoms with Crippen molar-refractivity contribution >= 4 is 29.2 Å². The molecule has 4 rings (SSSR count). The molecule has 1 amide bonds. The molecule has 1 aromatic rings. The second-order valence-electron chi connectivity index (χ2n) is 16.4. The Hall–Kier alpha value is -3.55. The lowest BCUT2D eigenvalue weighted by molar-refractivity contribution is -0.296. The maximum atomic E-state index is 14.4. The Balaban J connectivity index is 1.98. The van der Waals surface area contributed by atoms with Crippen LogP contribution in [0.25, 0.3) is 0 Å². The maximum absolute atomic E-state index is 14.4. The summed E-state index contributed by atoms with van der Waals surface area (Å²) in [7, 11) is 3.74. The Morgan fingerprint density at radius 3 is 2.45 bits per heavy atom. The molecule has 0 saturated carbocycles. The molecule has 56 heavy (non-hydrogen) atoms. The number of aliphatic imine (C=N–C) groups is 1. The van der Waals surface area contributed by atoms with Gasteiger partial charge in [-0.3, -0.25) is 14.4 Å². The number of ether oxygens (including phenoxy) is 5. The Morgan fingerprint density at radius 2 is 1.84 bits per heavy atom. The van der Waals surface area contributed by atoms with Gasteiger partial charge in [0.15, 0.2) is 12.1 Å². The number of nitrogens with zero attached hydrogens (tertiary/aromatic N) is 3. The fourth-order valence-electron chi connectivity index (χ4n) is 8.36. The molecule has 0 radical (unpaired) electrons. The van der Waals surface area contributed by atoms with E-state index in [4.69, 9.17) is 29.4 Å². The van der Waals surface area contributed by atoms with Gasteiger partial charge in [0.2, 0.25) is 5.91 Å². The van der Waals surface area contributed by atoms with Crippen molar-refractivity contribution in [2.24, 2.45) is 28.7 Å². The number of esters is 1. The summed E-state index contributed by atoms with van der Waals surface area (Å²) in [5, 5.41) is 24.0. The third kappa shape index (κ3) is 10.5. The van der Waals surface area contributed by atoms with Gasteiger partial charge in [0.1, 0.15) is 29.5 Å². The number of aliphatic hydroxyl groups excluding tert-OH is 1. The quantitative estimate of drug-likeness (QED) is 0.229. The summed E-state index contributed by atoms with van der Waals surface area (Å²) < 4.78 is 32.5. The number of nitrogen functional groups attached to an aromatic ring is 1. The number of Topliss-reactive ketones (excluding diaryl/α,β-unsaturated/α-hetero) is 1. The van der Waals surface area contributed by atoms with Gasteiger partial charge in [0, 0.05) is 42.3 Å². The number of rotatable bonds is 4. The van der Waals surface area contributed by atoms with Crippen molar-refractivity contribution in [1.82, 2.24) is 9.88 Å². The number of carbonyl (C=O) groups excluding carboxylic acids is 3. The van der Waals surface area contributed by atoms with Gasteiger partial charge in [-0.25, -0.2) is 9.98 Å². The van der Waals surface area contributed by atoms with Crippen LogP contribution in [0, 0.1) is 35.5 Å². The minimum atomic E-state index is -1.82. The molecule has 2 bridgehead atoms.